The number of hydrogen-bond donors (Lipinski definition) is 2. The van der Waals surface area contributed by atoms with Crippen LogP contribution in [0.1, 0.15) is 20.7 Å². The highest BCUT2D eigenvalue weighted by Gasteiger charge is 2.17. The van der Waals surface area contributed by atoms with Gasteiger partial charge in [-0.25, -0.2) is 13.8 Å². The highest BCUT2D eigenvalue weighted by Crippen LogP contribution is 2.26. The third-order valence-electron chi connectivity index (χ3n) is 3.62. The number of fused-ring (bicyclic) bond motifs is 1. The summed E-state index contributed by atoms with van der Waals surface area (Å²) in [6.07, 6.45) is 0. The number of carbonyl (C=O) groups is 2. The molecule has 0 fully saturated rings. The van der Waals surface area contributed by atoms with Crippen molar-refractivity contribution in [1.82, 2.24) is 0 Å². The summed E-state index contributed by atoms with van der Waals surface area (Å²) in [6.45, 7) is 0. The Kier molecular flexibility index (Phi) is 4.14. The zero-order valence-corrected chi connectivity index (χ0v) is 13.1. The van der Waals surface area contributed by atoms with Crippen molar-refractivity contribution in [3.8, 4) is 0 Å². The minimum Gasteiger partial charge on any atom is -0.478 e. The van der Waals surface area contributed by atoms with Gasteiger partial charge in [0.25, 0.3) is 0 Å². The van der Waals surface area contributed by atoms with Crippen LogP contribution >= 0.6 is 0 Å². The predicted octanol–water partition coefficient (Wildman–Crippen LogP) is 3.40. The summed E-state index contributed by atoms with van der Waals surface area (Å²) >= 11 is 0. The first kappa shape index (κ1) is 15.9. The van der Waals surface area contributed by atoms with Gasteiger partial charge < -0.3 is 10.2 Å². The molecule has 0 unspecified atom stereocenters. The third-order valence-corrected chi connectivity index (χ3v) is 5.05. The van der Waals surface area contributed by atoms with Crippen molar-refractivity contribution in [1.29, 1.82) is 0 Å². The van der Waals surface area contributed by atoms with Crippen molar-refractivity contribution in [3.05, 3.63) is 71.8 Å². The van der Waals surface area contributed by atoms with Crippen LogP contribution in [0.25, 0.3) is 10.8 Å². The average molecular weight is 340 g/mol. The lowest BCUT2D eigenvalue weighted by Crippen LogP contribution is -2.04. The molecule has 5 nitrogen and oxygen atoms in total. The van der Waals surface area contributed by atoms with Gasteiger partial charge in [-0.3, -0.25) is 0 Å². The van der Waals surface area contributed by atoms with Crippen LogP contribution in [0.15, 0.2) is 70.5 Å². The second-order valence-electron chi connectivity index (χ2n) is 5.06. The topological polar surface area (TPSA) is 91.7 Å². The molecule has 120 valence electrons. The second-order valence-corrected chi connectivity index (χ2v) is 6.51. The Bertz CT molecular complexity index is 994. The average Bonchev–Trinajstić information content (AvgIpc) is 2.59. The van der Waals surface area contributed by atoms with Crippen molar-refractivity contribution in [2.75, 3.05) is 0 Å². The van der Waals surface area contributed by atoms with E-state index in [1.54, 1.807) is 36.4 Å². The summed E-state index contributed by atoms with van der Waals surface area (Å²) < 4.78 is 12.8. The smallest absolute Gasteiger partial charge is 0.336 e. The molecule has 0 saturated carbocycles. The summed E-state index contributed by atoms with van der Waals surface area (Å²) in [5, 5.41) is 19.7. The van der Waals surface area contributed by atoms with Crippen LogP contribution in [0.3, 0.4) is 0 Å². The zero-order chi connectivity index (χ0) is 17.3. The molecule has 0 amide bonds. The molecule has 0 aliphatic rings. The van der Waals surface area contributed by atoms with Crippen molar-refractivity contribution < 1.29 is 24.0 Å². The molecule has 0 aliphatic heterocycles. The molecule has 3 rings (SSSR count). The van der Waals surface area contributed by atoms with E-state index in [0.29, 0.717) is 15.7 Å². The first-order valence-electron chi connectivity index (χ1n) is 6.99. The quantitative estimate of drug-likeness (QED) is 0.759. The molecule has 24 heavy (non-hydrogen) atoms. The lowest BCUT2D eigenvalue weighted by Gasteiger charge is -2.08. The maximum absolute atomic E-state index is 12.8. The van der Waals surface area contributed by atoms with Gasteiger partial charge >= 0.3 is 11.9 Å². The summed E-state index contributed by atoms with van der Waals surface area (Å²) in [5.74, 6) is -2.24. The molecule has 0 bridgehead atoms. The van der Waals surface area contributed by atoms with Gasteiger partial charge in [-0.1, -0.05) is 30.3 Å². The molecule has 0 aliphatic carbocycles. The molecule has 1 atom stereocenters. The number of benzene rings is 3. The monoisotopic (exact) mass is 340 g/mol. The highest BCUT2D eigenvalue weighted by molar-refractivity contribution is 7.85. The van der Waals surface area contributed by atoms with E-state index in [9.17, 15) is 24.0 Å². The maximum atomic E-state index is 12.8. The summed E-state index contributed by atoms with van der Waals surface area (Å²) in [4.78, 5) is 23.2. The first-order valence-corrected chi connectivity index (χ1v) is 8.14. The van der Waals surface area contributed by atoms with Gasteiger partial charge in [0.2, 0.25) is 0 Å². The molecule has 0 radical (unpaired) electrons. The van der Waals surface area contributed by atoms with Crippen molar-refractivity contribution >= 4 is 33.5 Å². The van der Waals surface area contributed by atoms with Gasteiger partial charge in [0.15, 0.2) is 0 Å². The van der Waals surface area contributed by atoms with E-state index in [1.165, 1.54) is 24.3 Å². The van der Waals surface area contributed by atoms with Gasteiger partial charge in [0, 0.05) is 4.90 Å². The number of carboxylic acid groups (broad SMARTS) is 2. The van der Waals surface area contributed by atoms with Gasteiger partial charge in [-0.05, 0) is 41.1 Å². The fraction of sp³-hybridized carbons (Fsp3) is 0. The van der Waals surface area contributed by atoms with E-state index in [1.807, 2.05) is 0 Å². The van der Waals surface area contributed by atoms with E-state index in [2.05, 4.69) is 0 Å². The van der Waals surface area contributed by atoms with Crippen LogP contribution in [-0.2, 0) is 10.8 Å². The highest BCUT2D eigenvalue weighted by atomic mass is 32.2. The minimum atomic E-state index is -1.73. The normalized spacial score (nSPS) is 12.0. The molecule has 3 aromatic carbocycles. The van der Waals surface area contributed by atoms with E-state index in [-0.39, 0.29) is 16.0 Å². The maximum Gasteiger partial charge on any atom is 0.336 e. The predicted molar refractivity (Wildman–Crippen MR) is 89.0 cm³/mol. The lowest BCUT2D eigenvalue weighted by atomic mass is 10.1. The Balaban J connectivity index is 2.17. The van der Waals surface area contributed by atoms with Crippen LogP contribution in [0, 0.1) is 0 Å². The Morgan fingerprint density at radius 2 is 1.46 bits per heavy atom. The molecule has 0 heterocycles. The SMILES string of the molecule is O=C(O)c1ccccc1[S@@](=O)c1ccc2cccc(C(=O)O)c2c1. The Morgan fingerprint density at radius 1 is 0.792 bits per heavy atom. The number of aromatic carboxylic acids is 2. The summed E-state index contributed by atoms with van der Waals surface area (Å²) in [6, 6.07) is 15.8. The molecular formula is C18H12O5S. The number of rotatable bonds is 4. The van der Waals surface area contributed by atoms with Crippen molar-refractivity contribution in [2.45, 2.75) is 9.79 Å². The molecular weight excluding hydrogens is 328 g/mol. The van der Waals surface area contributed by atoms with Crippen molar-refractivity contribution in [3.63, 3.8) is 0 Å². The van der Waals surface area contributed by atoms with Crippen LogP contribution < -0.4 is 0 Å². The first-order chi connectivity index (χ1) is 11.5. The van der Waals surface area contributed by atoms with Gasteiger partial charge in [0.1, 0.15) is 0 Å². The number of carboxylic acids is 2. The summed E-state index contributed by atoms with van der Waals surface area (Å²) in [5.41, 5.74) is 0.0697. The van der Waals surface area contributed by atoms with E-state index < -0.39 is 22.7 Å². The number of hydrogen-bond acceptors (Lipinski definition) is 3. The Morgan fingerprint density at radius 3 is 2.17 bits per heavy atom. The molecule has 0 saturated heterocycles. The van der Waals surface area contributed by atoms with Crippen LogP contribution in [0.5, 0.6) is 0 Å². The lowest BCUT2D eigenvalue weighted by molar-refractivity contribution is 0.0685. The van der Waals surface area contributed by atoms with E-state index >= 15 is 0 Å². The van der Waals surface area contributed by atoms with E-state index in [4.69, 9.17) is 0 Å². The van der Waals surface area contributed by atoms with E-state index in [0.717, 1.165) is 0 Å². The fourth-order valence-corrected chi connectivity index (χ4v) is 3.71. The Hall–Kier alpha value is -2.99. The molecule has 2 N–H and O–H groups in total. The van der Waals surface area contributed by atoms with Crippen LogP contribution in [0.2, 0.25) is 0 Å². The molecule has 0 spiro atoms. The standard InChI is InChI=1S/C18H12O5S/c19-17(20)13-6-3-4-11-8-9-12(10-15(11)13)24(23)16-7-2-1-5-14(16)18(21)22/h1-10H,(H,19,20)(H,21,22)/t24-/m0/s1. The zero-order valence-electron chi connectivity index (χ0n) is 12.3. The van der Waals surface area contributed by atoms with Gasteiger partial charge in [0.05, 0.1) is 26.8 Å². The van der Waals surface area contributed by atoms with Crippen molar-refractivity contribution in [2.24, 2.45) is 0 Å². The van der Waals surface area contributed by atoms with Gasteiger partial charge in [-0.2, -0.15) is 0 Å². The fourth-order valence-electron chi connectivity index (χ4n) is 2.49. The Labute approximate surface area is 139 Å². The third kappa shape index (κ3) is 2.79. The minimum absolute atomic E-state index is 0.0394. The summed E-state index contributed by atoms with van der Waals surface area (Å²) in [7, 11) is -1.73. The van der Waals surface area contributed by atoms with Crippen LogP contribution in [-0.4, -0.2) is 26.4 Å². The molecule has 0 aromatic heterocycles. The second kappa shape index (κ2) is 6.25. The van der Waals surface area contributed by atoms with Gasteiger partial charge in [-0.15, -0.1) is 0 Å². The van der Waals surface area contributed by atoms with Crippen LogP contribution in [0.4, 0.5) is 0 Å². The largest absolute Gasteiger partial charge is 0.478 e. The molecule has 3 aromatic rings. The molecule has 6 heteroatoms.